The van der Waals surface area contributed by atoms with Gasteiger partial charge in [0.1, 0.15) is 37.9 Å². The zero-order valence-corrected chi connectivity index (χ0v) is 33.7. The molecule has 0 bridgehead atoms. The van der Waals surface area contributed by atoms with Gasteiger partial charge in [0.05, 0.1) is 19.4 Å². The number of nitrogens with zero attached hydrogens (tertiary/aromatic N) is 1. The zero-order valence-electron chi connectivity index (χ0n) is 32.0. The molecule has 0 aliphatic heterocycles. The molecule has 0 fully saturated rings. The van der Waals surface area contributed by atoms with Gasteiger partial charge in [-0.15, -0.1) is 0 Å². The Morgan fingerprint density at radius 3 is 1.68 bits per heavy atom. The monoisotopic (exact) mass is 778 g/mol. The lowest BCUT2D eigenvalue weighted by atomic mass is 9.78. The minimum absolute atomic E-state index is 0.136. The number of nitrogens with two attached hydrogens (primary N) is 1. The Balaban J connectivity index is 1.67. The molecule has 11 nitrogen and oxygen atoms in total. The molecule has 2 rings (SSSR count). The first kappa shape index (κ1) is 46.2. The maximum absolute atomic E-state index is 12.4. The fourth-order valence-corrected chi connectivity index (χ4v) is 7.34. The molecule has 0 atom stereocenters. The van der Waals surface area contributed by atoms with E-state index in [-0.39, 0.29) is 62.6 Å². The van der Waals surface area contributed by atoms with E-state index in [1.54, 1.807) is 17.7 Å². The van der Waals surface area contributed by atoms with E-state index in [0.717, 1.165) is 73.5 Å². The van der Waals surface area contributed by atoms with Crippen molar-refractivity contribution < 1.29 is 43.2 Å². The molecule has 298 valence electrons. The van der Waals surface area contributed by atoms with E-state index in [1.165, 1.54) is 0 Å². The van der Waals surface area contributed by atoms with Gasteiger partial charge in [0, 0.05) is 49.6 Å². The quantitative estimate of drug-likeness (QED) is 0.0369. The summed E-state index contributed by atoms with van der Waals surface area (Å²) in [5.41, 5.74) is 7.45. The van der Waals surface area contributed by atoms with E-state index in [2.05, 4.69) is 18.7 Å². The molecule has 0 spiro atoms. The van der Waals surface area contributed by atoms with Crippen LogP contribution in [0, 0.1) is 0 Å². The van der Waals surface area contributed by atoms with Crippen molar-refractivity contribution in [3.63, 3.8) is 0 Å². The summed E-state index contributed by atoms with van der Waals surface area (Å²) in [7, 11) is 3.64. The molecule has 0 saturated carbocycles. The minimum Gasteiger partial charge on any atom is -0.490 e. The van der Waals surface area contributed by atoms with Crippen LogP contribution in [-0.2, 0) is 34.0 Å². The van der Waals surface area contributed by atoms with Crippen molar-refractivity contribution in [1.29, 1.82) is 0 Å². The Kier molecular flexibility index (Phi) is 24.8. The summed E-state index contributed by atoms with van der Waals surface area (Å²) in [6.07, 6.45) is 6.35. The summed E-state index contributed by atoms with van der Waals surface area (Å²) in [6.45, 7) is 9.92. The summed E-state index contributed by atoms with van der Waals surface area (Å²) >= 11 is 0. The number of carbonyl (C=O) groups is 3. The smallest absolute Gasteiger partial charge is 0.307 e. The first-order chi connectivity index (χ1) is 25.7. The average Bonchev–Trinajstić information content (AvgIpc) is 3.16. The Morgan fingerprint density at radius 2 is 1.15 bits per heavy atom. The Bertz CT molecular complexity index is 1280. The van der Waals surface area contributed by atoms with Gasteiger partial charge < -0.3 is 39.4 Å². The van der Waals surface area contributed by atoms with Crippen molar-refractivity contribution in [2.75, 3.05) is 77.3 Å². The lowest BCUT2D eigenvalue weighted by molar-refractivity contribution is -0.145. The van der Waals surface area contributed by atoms with E-state index in [1.807, 2.05) is 59.3 Å². The van der Waals surface area contributed by atoms with Crippen LogP contribution in [-0.4, -0.2) is 105 Å². The van der Waals surface area contributed by atoms with Crippen LogP contribution in [0.2, 0.25) is 0 Å². The van der Waals surface area contributed by atoms with Crippen LogP contribution in [0.15, 0.2) is 48.5 Å². The van der Waals surface area contributed by atoms with Crippen LogP contribution < -0.4 is 15.2 Å². The molecule has 0 radical (unpaired) electrons. The predicted molar refractivity (Wildman–Crippen MR) is 214 cm³/mol. The number of esters is 3. The van der Waals surface area contributed by atoms with Gasteiger partial charge in [-0.25, -0.2) is 0 Å². The van der Waals surface area contributed by atoms with Crippen molar-refractivity contribution in [3.8, 4) is 11.5 Å². The lowest BCUT2D eigenvalue weighted by Crippen LogP contribution is -2.31. The molecule has 3 N–H and O–H groups in total. The van der Waals surface area contributed by atoms with Gasteiger partial charge in [-0.3, -0.25) is 14.4 Å². The summed E-state index contributed by atoms with van der Waals surface area (Å²) < 4.78 is 27.4. The number of carbonyl (C=O) groups excluding carboxylic acids is 3. The summed E-state index contributed by atoms with van der Waals surface area (Å²) in [5.74, 6) is 2.70. The molecule has 0 heterocycles. The zero-order chi connectivity index (χ0) is 38.6. The largest absolute Gasteiger partial charge is 0.490 e. The molecule has 0 aliphatic rings. The topological polar surface area (TPSA) is 147 Å². The third-order valence-electron chi connectivity index (χ3n) is 8.48. The molecule has 2 aromatic carbocycles. The van der Waals surface area contributed by atoms with E-state index < -0.39 is 0 Å². The van der Waals surface area contributed by atoms with E-state index in [4.69, 9.17) is 34.5 Å². The van der Waals surface area contributed by atoms with Crippen LogP contribution in [0.5, 0.6) is 11.5 Å². The average molecular weight is 779 g/mol. The highest BCUT2D eigenvalue weighted by atomic mass is 33.1. The van der Waals surface area contributed by atoms with Crippen molar-refractivity contribution in [1.82, 2.24) is 4.90 Å². The predicted octanol–water partition coefficient (Wildman–Crippen LogP) is 6.56. The van der Waals surface area contributed by atoms with Crippen molar-refractivity contribution in [2.45, 2.75) is 84.0 Å². The second kappa shape index (κ2) is 28.5. The number of benzene rings is 2. The fourth-order valence-electron chi connectivity index (χ4n) is 5.34. The van der Waals surface area contributed by atoms with Crippen LogP contribution in [0.1, 0.15) is 89.7 Å². The molecule has 0 aliphatic carbocycles. The third-order valence-corrected chi connectivity index (χ3v) is 11.0. The molecular weight excluding hydrogens is 717 g/mol. The van der Waals surface area contributed by atoms with Crippen LogP contribution >= 0.6 is 21.6 Å². The van der Waals surface area contributed by atoms with Crippen LogP contribution in [0.25, 0.3) is 0 Å². The fraction of sp³-hybridized carbons (Fsp3) is 0.625. The van der Waals surface area contributed by atoms with Crippen LogP contribution in [0.3, 0.4) is 0 Å². The number of rotatable bonds is 31. The summed E-state index contributed by atoms with van der Waals surface area (Å²) in [6, 6.07) is 15.9. The standard InChI is InChI=1S/C40H62N2O9S2/c1-4-47-38(45)20-24-42(23-8-6-9-26-43)25-21-39(46)51-30-28-49-36-18-14-34(15-19-36)40(2,3)33-12-16-35(17-13-33)48-27-29-50-37(44)11-7-5-10-31-52-53-32-22-41/h12-19,43H,4-11,20-32,41H2,1-3H3. The first-order valence-electron chi connectivity index (χ1n) is 18.9. The van der Waals surface area contributed by atoms with E-state index in [0.29, 0.717) is 45.0 Å². The molecule has 13 heteroatoms. The highest BCUT2D eigenvalue weighted by molar-refractivity contribution is 8.76. The molecule has 0 amide bonds. The van der Waals surface area contributed by atoms with E-state index in [9.17, 15) is 14.4 Å². The summed E-state index contributed by atoms with van der Waals surface area (Å²) in [4.78, 5) is 38.3. The van der Waals surface area contributed by atoms with Gasteiger partial charge in [-0.05, 0) is 81.0 Å². The second-order valence-electron chi connectivity index (χ2n) is 13.0. The summed E-state index contributed by atoms with van der Waals surface area (Å²) in [5, 5.41) is 9.02. The molecule has 53 heavy (non-hydrogen) atoms. The van der Waals surface area contributed by atoms with Gasteiger partial charge in [-0.2, -0.15) is 0 Å². The number of hydrogen-bond acceptors (Lipinski definition) is 13. The Labute approximate surface area is 324 Å². The van der Waals surface area contributed by atoms with Gasteiger partial charge in [0.2, 0.25) is 0 Å². The van der Waals surface area contributed by atoms with Crippen molar-refractivity contribution in [3.05, 3.63) is 59.7 Å². The maximum atomic E-state index is 12.4. The number of ether oxygens (including phenoxy) is 5. The first-order valence-corrected chi connectivity index (χ1v) is 21.4. The van der Waals surface area contributed by atoms with Gasteiger partial charge >= 0.3 is 17.9 Å². The normalized spacial score (nSPS) is 11.4. The molecular formula is C40H62N2O9S2. The van der Waals surface area contributed by atoms with Gasteiger partial charge in [0.15, 0.2) is 0 Å². The minimum atomic E-state index is -0.317. The van der Waals surface area contributed by atoms with Gasteiger partial charge in [-0.1, -0.05) is 66.1 Å². The molecule has 2 aromatic rings. The molecule has 0 aromatic heterocycles. The highest BCUT2D eigenvalue weighted by Gasteiger charge is 2.23. The third kappa shape index (κ3) is 20.9. The Morgan fingerprint density at radius 1 is 0.642 bits per heavy atom. The van der Waals surface area contributed by atoms with E-state index >= 15 is 0 Å². The molecule has 0 unspecified atom stereocenters. The maximum Gasteiger partial charge on any atom is 0.307 e. The number of aliphatic hydroxyl groups excluding tert-OH is 1. The van der Waals surface area contributed by atoms with Crippen molar-refractivity contribution >= 4 is 39.5 Å². The number of hydrogen-bond donors (Lipinski definition) is 2. The molecule has 0 saturated heterocycles. The number of aliphatic hydroxyl groups is 1. The second-order valence-corrected chi connectivity index (χ2v) is 15.7. The van der Waals surface area contributed by atoms with Gasteiger partial charge in [0.25, 0.3) is 0 Å². The lowest BCUT2D eigenvalue weighted by Gasteiger charge is -2.26. The SMILES string of the molecule is CCOC(=O)CCN(CCCCCO)CCC(=O)OCCOc1ccc(C(C)(C)c2ccc(OCCOC(=O)CCCCCSSCCN)cc2)cc1. The van der Waals surface area contributed by atoms with Crippen molar-refractivity contribution in [2.24, 2.45) is 5.73 Å². The highest BCUT2D eigenvalue weighted by Crippen LogP contribution is 2.33. The Hall–Kier alpha value is -2.97. The van der Waals surface area contributed by atoms with Crippen LogP contribution in [0.4, 0.5) is 0 Å². The number of unbranched alkanes of at least 4 members (excludes halogenated alkanes) is 4.